The first kappa shape index (κ1) is 18.8. The predicted octanol–water partition coefficient (Wildman–Crippen LogP) is 5.54. The highest BCUT2D eigenvalue weighted by Gasteiger charge is 2.05. The zero-order valence-electron chi connectivity index (χ0n) is 14.9. The van der Waals surface area contributed by atoms with E-state index in [4.69, 9.17) is 21.4 Å². The molecule has 0 unspecified atom stereocenters. The van der Waals surface area contributed by atoms with E-state index in [1.165, 1.54) is 0 Å². The molecule has 0 atom stereocenters. The number of hydrogen-bond acceptors (Lipinski definition) is 3. The van der Waals surface area contributed by atoms with Crippen molar-refractivity contribution in [2.24, 2.45) is 0 Å². The van der Waals surface area contributed by atoms with E-state index in [0.717, 1.165) is 28.1 Å². The maximum Gasteiger partial charge on any atom is 0.335 e. The van der Waals surface area contributed by atoms with Gasteiger partial charge >= 0.3 is 5.97 Å². The molecule has 3 rings (SSSR count). The Morgan fingerprint density at radius 3 is 2.48 bits per heavy atom. The van der Waals surface area contributed by atoms with E-state index in [1.807, 2.05) is 49.4 Å². The number of benzene rings is 3. The Morgan fingerprint density at radius 1 is 1.04 bits per heavy atom. The molecule has 0 aliphatic heterocycles. The minimum absolute atomic E-state index is 0.266. The second-order valence-corrected chi connectivity index (χ2v) is 6.69. The van der Waals surface area contributed by atoms with Crippen LogP contribution in [0.15, 0.2) is 66.7 Å². The lowest BCUT2D eigenvalue weighted by Gasteiger charge is -2.12. The van der Waals surface area contributed by atoms with Gasteiger partial charge in [0, 0.05) is 17.3 Å². The molecular formula is C22H20ClNO3. The van der Waals surface area contributed by atoms with E-state index < -0.39 is 5.97 Å². The van der Waals surface area contributed by atoms with Crippen molar-refractivity contribution in [3.8, 4) is 5.75 Å². The summed E-state index contributed by atoms with van der Waals surface area (Å²) in [6, 6.07) is 20.4. The summed E-state index contributed by atoms with van der Waals surface area (Å²) in [4.78, 5) is 11.0. The van der Waals surface area contributed by atoms with Gasteiger partial charge in [-0.1, -0.05) is 41.9 Å². The van der Waals surface area contributed by atoms with Crippen molar-refractivity contribution >= 4 is 23.3 Å². The van der Waals surface area contributed by atoms with Crippen molar-refractivity contribution in [3.63, 3.8) is 0 Å². The number of carboxylic acid groups (broad SMARTS) is 1. The van der Waals surface area contributed by atoms with Crippen LogP contribution in [-0.2, 0) is 13.2 Å². The highest BCUT2D eigenvalue weighted by Crippen LogP contribution is 2.22. The van der Waals surface area contributed by atoms with Crippen LogP contribution in [0.5, 0.6) is 5.75 Å². The first-order valence-corrected chi connectivity index (χ1v) is 8.93. The normalized spacial score (nSPS) is 10.4. The molecule has 3 aromatic carbocycles. The predicted molar refractivity (Wildman–Crippen MR) is 108 cm³/mol. The van der Waals surface area contributed by atoms with Crippen LogP contribution in [0.4, 0.5) is 5.69 Å². The second-order valence-electron chi connectivity index (χ2n) is 6.25. The second kappa shape index (κ2) is 8.60. The maximum atomic E-state index is 11.0. The SMILES string of the molecule is Cc1cc(CNc2cccc(C(=O)O)c2)ccc1OCc1ccc(Cl)cc1. The maximum absolute atomic E-state index is 11.0. The van der Waals surface area contributed by atoms with Crippen LogP contribution < -0.4 is 10.1 Å². The smallest absolute Gasteiger partial charge is 0.335 e. The number of carbonyl (C=O) groups is 1. The molecule has 4 nitrogen and oxygen atoms in total. The van der Waals surface area contributed by atoms with E-state index in [9.17, 15) is 4.79 Å². The molecule has 0 spiro atoms. The van der Waals surface area contributed by atoms with Gasteiger partial charge in [-0.2, -0.15) is 0 Å². The fourth-order valence-corrected chi connectivity index (χ4v) is 2.82. The first-order chi connectivity index (χ1) is 13.0. The molecule has 27 heavy (non-hydrogen) atoms. The van der Waals surface area contributed by atoms with Gasteiger partial charge in [0.05, 0.1) is 5.56 Å². The molecular weight excluding hydrogens is 362 g/mol. The summed E-state index contributed by atoms with van der Waals surface area (Å²) < 4.78 is 5.89. The Hall–Kier alpha value is -2.98. The third kappa shape index (κ3) is 5.25. The van der Waals surface area contributed by atoms with E-state index in [-0.39, 0.29) is 5.56 Å². The number of carboxylic acids is 1. The fourth-order valence-electron chi connectivity index (χ4n) is 2.69. The summed E-state index contributed by atoms with van der Waals surface area (Å²) in [5.74, 6) is -0.0988. The van der Waals surface area contributed by atoms with Gasteiger partial charge in [0.15, 0.2) is 0 Å². The van der Waals surface area contributed by atoms with Gasteiger partial charge in [0.1, 0.15) is 12.4 Å². The molecule has 0 aliphatic rings. The molecule has 138 valence electrons. The number of aromatic carboxylic acids is 1. The fraction of sp³-hybridized carbons (Fsp3) is 0.136. The number of hydrogen-bond donors (Lipinski definition) is 2. The highest BCUT2D eigenvalue weighted by molar-refractivity contribution is 6.30. The number of aryl methyl sites for hydroxylation is 1. The van der Waals surface area contributed by atoms with Crippen LogP contribution in [-0.4, -0.2) is 11.1 Å². The molecule has 0 radical (unpaired) electrons. The molecule has 0 fully saturated rings. The van der Waals surface area contributed by atoms with Gasteiger partial charge < -0.3 is 15.2 Å². The molecule has 5 heteroatoms. The van der Waals surface area contributed by atoms with E-state index in [1.54, 1.807) is 18.2 Å². The van der Waals surface area contributed by atoms with Crippen LogP contribution in [0.3, 0.4) is 0 Å². The average molecular weight is 382 g/mol. The van der Waals surface area contributed by atoms with Gasteiger partial charge in [-0.3, -0.25) is 0 Å². The molecule has 0 aliphatic carbocycles. The van der Waals surface area contributed by atoms with Crippen LogP contribution in [0, 0.1) is 6.92 Å². The molecule has 0 saturated carbocycles. The third-order valence-electron chi connectivity index (χ3n) is 4.15. The minimum atomic E-state index is -0.934. The number of anilines is 1. The lowest BCUT2D eigenvalue weighted by atomic mass is 10.1. The van der Waals surface area contributed by atoms with E-state index in [2.05, 4.69) is 11.4 Å². The summed E-state index contributed by atoms with van der Waals surface area (Å²) in [5.41, 5.74) is 4.23. The summed E-state index contributed by atoms with van der Waals surface area (Å²) in [5, 5.41) is 13.0. The largest absolute Gasteiger partial charge is 0.489 e. The zero-order valence-corrected chi connectivity index (χ0v) is 15.7. The first-order valence-electron chi connectivity index (χ1n) is 8.55. The van der Waals surface area contributed by atoms with Gasteiger partial charge in [-0.15, -0.1) is 0 Å². The molecule has 0 amide bonds. The summed E-state index contributed by atoms with van der Waals surface area (Å²) in [6.45, 7) is 3.09. The number of nitrogens with one attached hydrogen (secondary N) is 1. The van der Waals surface area contributed by atoms with Gasteiger partial charge in [0.25, 0.3) is 0 Å². The number of ether oxygens (including phenoxy) is 1. The van der Waals surface area contributed by atoms with Crippen molar-refractivity contribution in [1.29, 1.82) is 0 Å². The van der Waals surface area contributed by atoms with Gasteiger partial charge in [-0.25, -0.2) is 4.79 Å². The lowest BCUT2D eigenvalue weighted by molar-refractivity contribution is 0.0697. The van der Waals surface area contributed by atoms with Gasteiger partial charge in [-0.05, 0) is 60.0 Å². The molecule has 0 aromatic heterocycles. The number of rotatable bonds is 7. The van der Waals surface area contributed by atoms with Crippen molar-refractivity contribution < 1.29 is 14.6 Å². The van der Waals surface area contributed by atoms with Crippen LogP contribution in [0.25, 0.3) is 0 Å². The summed E-state index contributed by atoms with van der Waals surface area (Å²) in [7, 11) is 0. The summed E-state index contributed by atoms with van der Waals surface area (Å²) in [6.07, 6.45) is 0. The Bertz CT molecular complexity index is 939. The van der Waals surface area contributed by atoms with Crippen LogP contribution in [0.2, 0.25) is 5.02 Å². The quantitative estimate of drug-likeness (QED) is 0.564. The topological polar surface area (TPSA) is 58.6 Å². The molecule has 0 saturated heterocycles. The standard InChI is InChI=1S/C22H20ClNO3/c1-15-11-17(13-24-20-4-2-3-18(12-20)22(25)26)7-10-21(15)27-14-16-5-8-19(23)9-6-16/h2-12,24H,13-14H2,1H3,(H,25,26). The highest BCUT2D eigenvalue weighted by atomic mass is 35.5. The van der Waals surface area contributed by atoms with Crippen LogP contribution >= 0.6 is 11.6 Å². The monoisotopic (exact) mass is 381 g/mol. The molecule has 0 heterocycles. The Balaban J connectivity index is 1.60. The Morgan fingerprint density at radius 2 is 1.78 bits per heavy atom. The van der Waals surface area contributed by atoms with Gasteiger partial charge in [0.2, 0.25) is 0 Å². The van der Waals surface area contributed by atoms with E-state index >= 15 is 0 Å². The average Bonchev–Trinajstić information content (AvgIpc) is 2.67. The Labute approximate surface area is 163 Å². The van der Waals surface area contributed by atoms with Crippen molar-refractivity contribution in [3.05, 3.63) is 94.0 Å². The molecule has 0 bridgehead atoms. The van der Waals surface area contributed by atoms with E-state index in [0.29, 0.717) is 18.2 Å². The van der Waals surface area contributed by atoms with Crippen LogP contribution in [0.1, 0.15) is 27.0 Å². The molecule has 3 aromatic rings. The van der Waals surface area contributed by atoms with Crippen molar-refractivity contribution in [2.45, 2.75) is 20.1 Å². The summed E-state index contributed by atoms with van der Waals surface area (Å²) >= 11 is 5.89. The van der Waals surface area contributed by atoms with Crippen molar-refractivity contribution in [1.82, 2.24) is 0 Å². The third-order valence-corrected chi connectivity index (χ3v) is 4.41. The van der Waals surface area contributed by atoms with Crippen molar-refractivity contribution in [2.75, 3.05) is 5.32 Å². The zero-order chi connectivity index (χ0) is 19.2. The number of halogens is 1. The Kier molecular flexibility index (Phi) is 5.99. The lowest BCUT2D eigenvalue weighted by Crippen LogP contribution is -2.03. The minimum Gasteiger partial charge on any atom is -0.489 e. The molecule has 2 N–H and O–H groups in total.